The van der Waals surface area contributed by atoms with Crippen molar-refractivity contribution in [3.8, 4) is 17.1 Å². The Bertz CT molecular complexity index is 1100. The van der Waals surface area contributed by atoms with Gasteiger partial charge in [-0.3, -0.25) is 14.9 Å². The van der Waals surface area contributed by atoms with Crippen LogP contribution in [0.15, 0.2) is 47.0 Å². The Morgan fingerprint density at radius 1 is 1.28 bits per heavy atom. The van der Waals surface area contributed by atoms with Gasteiger partial charge in [-0.15, -0.1) is 0 Å². The summed E-state index contributed by atoms with van der Waals surface area (Å²) in [7, 11) is 0. The molecular weight excluding hydrogens is 436 g/mol. The lowest BCUT2D eigenvalue weighted by atomic mass is 10.2. The Hall–Kier alpha value is -3.46. The van der Waals surface area contributed by atoms with Crippen LogP contribution >= 0.6 is 11.6 Å². The van der Waals surface area contributed by atoms with Crippen molar-refractivity contribution in [1.82, 2.24) is 15.0 Å². The first-order valence-electron chi connectivity index (χ1n) is 10.0. The van der Waals surface area contributed by atoms with Crippen LogP contribution in [-0.4, -0.2) is 38.5 Å². The van der Waals surface area contributed by atoms with Crippen LogP contribution in [-0.2, 0) is 11.3 Å². The summed E-state index contributed by atoms with van der Waals surface area (Å²) in [5, 5.41) is 15.5. The Morgan fingerprint density at radius 3 is 2.62 bits per heavy atom. The van der Waals surface area contributed by atoms with Crippen LogP contribution in [0, 0.1) is 17.0 Å². The molecule has 168 valence electrons. The lowest BCUT2D eigenvalue weighted by molar-refractivity contribution is -0.385. The monoisotopic (exact) mass is 458 g/mol. The fourth-order valence-electron chi connectivity index (χ4n) is 3.04. The third kappa shape index (κ3) is 5.61. The molecule has 1 amide bonds. The summed E-state index contributed by atoms with van der Waals surface area (Å²) in [6.07, 6.45) is 0.723. The van der Waals surface area contributed by atoms with Gasteiger partial charge in [-0.25, -0.2) is 0 Å². The van der Waals surface area contributed by atoms with Crippen LogP contribution < -0.4 is 4.74 Å². The summed E-state index contributed by atoms with van der Waals surface area (Å²) in [5.41, 5.74) is 1.21. The summed E-state index contributed by atoms with van der Waals surface area (Å²) in [5.74, 6) is 0.829. The highest BCUT2D eigenvalue weighted by Gasteiger charge is 2.23. The van der Waals surface area contributed by atoms with Crippen LogP contribution in [0.25, 0.3) is 11.4 Å². The van der Waals surface area contributed by atoms with Crippen LogP contribution in [0.3, 0.4) is 0 Å². The molecule has 0 unspecified atom stereocenters. The molecule has 0 spiro atoms. The van der Waals surface area contributed by atoms with Gasteiger partial charge >= 0.3 is 0 Å². The minimum Gasteiger partial charge on any atom is -0.484 e. The van der Waals surface area contributed by atoms with Crippen LogP contribution in [0.4, 0.5) is 5.69 Å². The molecule has 1 heterocycles. The third-order valence-corrected chi connectivity index (χ3v) is 5.30. The highest BCUT2D eigenvalue weighted by atomic mass is 35.5. The first kappa shape index (κ1) is 23.2. The molecule has 1 atom stereocenters. The van der Waals surface area contributed by atoms with Gasteiger partial charge in [-0.05, 0) is 56.7 Å². The van der Waals surface area contributed by atoms with Crippen LogP contribution in [0.2, 0.25) is 5.02 Å². The normalized spacial score (nSPS) is 11.8. The number of amides is 1. The zero-order valence-corrected chi connectivity index (χ0v) is 18.7. The van der Waals surface area contributed by atoms with Gasteiger partial charge in [-0.2, -0.15) is 4.98 Å². The van der Waals surface area contributed by atoms with E-state index in [-0.39, 0.29) is 30.8 Å². The fraction of sp³-hybridized carbons (Fsp3) is 0.318. The Kier molecular flexibility index (Phi) is 7.42. The lowest BCUT2D eigenvalue weighted by Gasteiger charge is -2.27. The van der Waals surface area contributed by atoms with Crippen molar-refractivity contribution in [2.45, 2.75) is 39.8 Å². The van der Waals surface area contributed by atoms with E-state index in [1.54, 1.807) is 36.1 Å². The Balaban J connectivity index is 1.68. The first-order chi connectivity index (χ1) is 15.3. The number of rotatable bonds is 9. The number of aromatic nitrogens is 2. The molecule has 32 heavy (non-hydrogen) atoms. The predicted octanol–water partition coefficient (Wildman–Crippen LogP) is 4.81. The van der Waals surface area contributed by atoms with Crippen molar-refractivity contribution in [3.05, 3.63) is 69.1 Å². The maximum absolute atomic E-state index is 12.9. The average molecular weight is 459 g/mol. The Morgan fingerprint density at radius 2 is 2.00 bits per heavy atom. The second-order valence-corrected chi connectivity index (χ2v) is 7.73. The molecule has 0 N–H and O–H groups in total. The molecule has 3 aromatic rings. The molecule has 2 aromatic carbocycles. The highest BCUT2D eigenvalue weighted by molar-refractivity contribution is 6.30. The lowest BCUT2D eigenvalue weighted by Crippen LogP contribution is -2.40. The molecule has 10 heteroatoms. The second-order valence-electron chi connectivity index (χ2n) is 7.29. The quantitative estimate of drug-likeness (QED) is 0.334. The van der Waals surface area contributed by atoms with E-state index < -0.39 is 4.92 Å². The van der Waals surface area contributed by atoms with Crippen molar-refractivity contribution >= 4 is 23.2 Å². The fourth-order valence-corrected chi connectivity index (χ4v) is 3.17. The van der Waals surface area contributed by atoms with E-state index in [4.69, 9.17) is 20.9 Å². The van der Waals surface area contributed by atoms with E-state index in [2.05, 4.69) is 10.1 Å². The van der Waals surface area contributed by atoms with Gasteiger partial charge in [0, 0.05) is 28.3 Å². The standard InChI is InChI=1S/C22H23ClN4O5/c1-4-15(3)26(12-20-24-22(25-32-20)16-5-7-17(23)8-6-16)21(28)13-31-18-9-10-19(27(29)30)14(2)11-18/h5-11,15H,4,12-13H2,1-3H3/t15-/m1/s1. The van der Waals surface area contributed by atoms with Gasteiger partial charge in [0.25, 0.3) is 11.6 Å². The number of nitro benzene ring substituents is 1. The molecule has 0 saturated carbocycles. The maximum atomic E-state index is 12.9. The number of carbonyl (C=O) groups excluding carboxylic acids is 1. The van der Waals surface area contributed by atoms with Gasteiger partial charge in [0.05, 0.1) is 4.92 Å². The zero-order chi connectivity index (χ0) is 23.3. The summed E-state index contributed by atoms with van der Waals surface area (Å²) >= 11 is 5.91. The maximum Gasteiger partial charge on any atom is 0.272 e. The summed E-state index contributed by atoms with van der Waals surface area (Å²) < 4.78 is 10.9. The molecule has 3 rings (SSSR count). The third-order valence-electron chi connectivity index (χ3n) is 5.05. The number of nitrogens with zero attached hydrogens (tertiary/aromatic N) is 4. The second kappa shape index (κ2) is 10.2. The molecule has 0 fully saturated rings. The Labute approximate surface area is 190 Å². The van der Waals surface area contributed by atoms with E-state index in [0.29, 0.717) is 28.1 Å². The van der Waals surface area contributed by atoms with E-state index in [1.165, 1.54) is 18.2 Å². The number of ether oxygens (including phenoxy) is 1. The highest BCUT2D eigenvalue weighted by Crippen LogP contribution is 2.23. The largest absolute Gasteiger partial charge is 0.484 e. The van der Waals surface area contributed by atoms with E-state index >= 15 is 0 Å². The zero-order valence-electron chi connectivity index (χ0n) is 17.9. The van der Waals surface area contributed by atoms with E-state index in [9.17, 15) is 14.9 Å². The summed E-state index contributed by atoms with van der Waals surface area (Å²) in [6.45, 7) is 5.42. The molecular formula is C22H23ClN4O5. The number of carbonyl (C=O) groups is 1. The molecule has 0 bridgehead atoms. The summed E-state index contributed by atoms with van der Waals surface area (Å²) in [4.78, 5) is 29.4. The van der Waals surface area contributed by atoms with Gasteiger partial charge < -0.3 is 14.2 Å². The van der Waals surface area contributed by atoms with E-state index in [1.807, 2.05) is 13.8 Å². The van der Waals surface area contributed by atoms with Crippen LogP contribution in [0.1, 0.15) is 31.7 Å². The van der Waals surface area contributed by atoms with E-state index in [0.717, 1.165) is 12.0 Å². The molecule has 9 nitrogen and oxygen atoms in total. The first-order valence-corrected chi connectivity index (χ1v) is 10.4. The summed E-state index contributed by atoms with van der Waals surface area (Å²) in [6, 6.07) is 11.3. The molecule has 0 saturated heterocycles. The van der Waals surface area contributed by atoms with Gasteiger partial charge in [0.1, 0.15) is 12.3 Å². The molecule has 0 aliphatic heterocycles. The number of hydrogen-bond donors (Lipinski definition) is 0. The molecule has 1 aromatic heterocycles. The minimum atomic E-state index is -0.461. The van der Waals surface area contributed by atoms with Gasteiger partial charge in [0.15, 0.2) is 6.61 Å². The minimum absolute atomic E-state index is 0.00204. The van der Waals surface area contributed by atoms with Crippen LogP contribution in [0.5, 0.6) is 5.75 Å². The number of aryl methyl sites for hydroxylation is 1. The number of benzene rings is 2. The van der Waals surface area contributed by atoms with Crippen molar-refractivity contribution in [2.75, 3.05) is 6.61 Å². The smallest absolute Gasteiger partial charge is 0.272 e. The topological polar surface area (TPSA) is 112 Å². The number of hydrogen-bond acceptors (Lipinski definition) is 7. The van der Waals surface area contributed by atoms with Crippen molar-refractivity contribution in [1.29, 1.82) is 0 Å². The number of halogens is 1. The van der Waals surface area contributed by atoms with Gasteiger partial charge in [0.2, 0.25) is 11.7 Å². The van der Waals surface area contributed by atoms with Gasteiger partial charge in [-0.1, -0.05) is 23.7 Å². The predicted molar refractivity (Wildman–Crippen MR) is 118 cm³/mol. The number of nitro groups is 1. The van der Waals surface area contributed by atoms with Crippen molar-refractivity contribution < 1.29 is 19.0 Å². The average Bonchev–Trinajstić information content (AvgIpc) is 3.24. The molecule has 0 aliphatic carbocycles. The van der Waals surface area contributed by atoms with Crippen molar-refractivity contribution in [3.63, 3.8) is 0 Å². The molecule has 0 radical (unpaired) electrons. The molecule has 0 aliphatic rings. The van der Waals surface area contributed by atoms with Crippen molar-refractivity contribution in [2.24, 2.45) is 0 Å². The SMILES string of the molecule is CC[C@@H](C)N(Cc1nc(-c2ccc(Cl)cc2)no1)C(=O)COc1ccc([N+](=O)[O-])c(C)c1.